The molecule has 168 valence electrons. The molecule has 1 unspecified atom stereocenters. The molecule has 1 heterocycles. The molecule has 0 spiro atoms. The minimum absolute atomic E-state index is 0. The van der Waals surface area contributed by atoms with Gasteiger partial charge in [-0.2, -0.15) is 0 Å². The Morgan fingerprint density at radius 1 is 1.17 bits per heavy atom. The van der Waals surface area contributed by atoms with Gasteiger partial charge in [-0.05, 0) is 52.6 Å². The fourth-order valence-corrected chi connectivity index (χ4v) is 2.95. The van der Waals surface area contributed by atoms with Crippen molar-refractivity contribution in [2.24, 2.45) is 4.99 Å². The average molecular weight is 531 g/mol. The van der Waals surface area contributed by atoms with Crippen molar-refractivity contribution in [3.8, 4) is 11.5 Å². The molecule has 0 aliphatic heterocycles. The lowest BCUT2D eigenvalue weighted by Crippen LogP contribution is -2.41. The SMILES string of the molecule is CCNC(=NCc1nc(C)c(C)o1)NCC(c1ccc(OC)c(OC)c1)N(C)C.I. The number of halogens is 1. The van der Waals surface area contributed by atoms with E-state index in [4.69, 9.17) is 13.9 Å². The number of oxazole rings is 1. The molecule has 0 radical (unpaired) electrons. The van der Waals surface area contributed by atoms with Crippen LogP contribution in [0.4, 0.5) is 0 Å². The molecule has 0 amide bonds. The highest BCUT2D eigenvalue weighted by atomic mass is 127. The molecule has 2 aromatic rings. The van der Waals surface area contributed by atoms with E-state index in [1.807, 2.05) is 47.0 Å². The number of hydrogen-bond acceptors (Lipinski definition) is 6. The summed E-state index contributed by atoms with van der Waals surface area (Å²) in [5.41, 5.74) is 2.02. The Morgan fingerprint density at radius 2 is 1.87 bits per heavy atom. The van der Waals surface area contributed by atoms with Crippen LogP contribution in [0, 0.1) is 13.8 Å². The van der Waals surface area contributed by atoms with Gasteiger partial charge in [0, 0.05) is 13.1 Å². The third-order valence-electron chi connectivity index (χ3n) is 4.67. The summed E-state index contributed by atoms with van der Waals surface area (Å²) in [5, 5.41) is 6.68. The summed E-state index contributed by atoms with van der Waals surface area (Å²) < 4.78 is 16.4. The molecule has 2 rings (SSSR count). The Hall–Kier alpha value is -2.01. The molecule has 2 N–H and O–H groups in total. The van der Waals surface area contributed by atoms with Gasteiger partial charge in [-0.25, -0.2) is 9.98 Å². The number of aryl methyl sites for hydroxylation is 2. The van der Waals surface area contributed by atoms with E-state index in [-0.39, 0.29) is 30.0 Å². The summed E-state index contributed by atoms with van der Waals surface area (Å²) in [6.45, 7) is 7.68. The molecular weight excluding hydrogens is 497 g/mol. The summed E-state index contributed by atoms with van der Waals surface area (Å²) in [6.07, 6.45) is 0. The highest BCUT2D eigenvalue weighted by Gasteiger charge is 2.17. The van der Waals surface area contributed by atoms with Crippen LogP contribution >= 0.6 is 24.0 Å². The number of nitrogens with zero attached hydrogens (tertiary/aromatic N) is 3. The van der Waals surface area contributed by atoms with E-state index < -0.39 is 0 Å². The van der Waals surface area contributed by atoms with Crippen molar-refractivity contribution >= 4 is 29.9 Å². The largest absolute Gasteiger partial charge is 0.493 e. The lowest BCUT2D eigenvalue weighted by Gasteiger charge is -2.26. The number of nitrogens with one attached hydrogen (secondary N) is 2. The second-order valence-electron chi connectivity index (χ2n) is 6.92. The van der Waals surface area contributed by atoms with Crippen molar-refractivity contribution in [3.63, 3.8) is 0 Å². The van der Waals surface area contributed by atoms with E-state index in [1.165, 1.54) is 0 Å². The van der Waals surface area contributed by atoms with Gasteiger partial charge in [-0.15, -0.1) is 24.0 Å². The minimum atomic E-state index is 0. The number of rotatable bonds is 9. The standard InChI is InChI=1S/C21H33N5O3.HI/c1-8-22-21(24-13-20-25-14(2)15(3)29-20)23-12-17(26(4)5)16-9-10-18(27-6)19(11-16)28-7;/h9-11,17H,8,12-13H2,1-7H3,(H2,22,23,24);1H. The normalized spacial score (nSPS) is 12.3. The van der Waals surface area contributed by atoms with Crippen molar-refractivity contribution in [3.05, 3.63) is 41.1 Å². The van der Waals surface area contributed by atoms with Crippen molar-refractivity contribution in [2.75, 3.05) is 41.4 Å². The summed E-state index contributed by atoms with van der Waals surface area (Å²) >= 11 is 0. The first-order valence-corrected chi connectivity index (χ1v) is 9.73. The fourth-order valence-electron chi connectivity index (χ4n) is 2.95. The molecule has 1 atom stereocenters. The van der Waals surface area contributed by atoms with Crippen molar-refractivity contribution in [1.82, 2.24) is 20.5 Å². The van der Waals surface area contributed by atoms with Gasteiger partial charge in [-0.3, -0.25) is 0 Å². The zero-order valence-electron chi connectivity index (χ0n) is 18.9. The van der Waals surface area contributed by atoms with Crippen molar-refractivity contribution in [2.45, 2.75) is 33.4 Å². The number of aliphatic imine (C=N–C) groups is 1. The van der Waals surface area contributed by atoms with E-state index in [9.17, 15) is 0 Å². The number of benzene rings is 1. The maximum atomic E-state index is 5.62. The van der Waals surface area contributed by atoms with E-state index >= 15 is 0 Å². The monoisotopic (exact) mass is 531 g/mol. The van der Waals surface area contributed by atoms with Crippen LogP contribution in [0.15, 0.2) is 27.6 Å². The van der Waals surface area contributed by atoms with E-state index in [0.717, 1.165) is 23.6 Å². The second-order valence-corrected chi connectivity index (χ2v) is 6.92. The zero-order chi connectivity index (χ0) is 21.4. The van der Waals surface area contributed by atoms with E-state index in [1.54, 1.807) is 14.2 Å². The number of ether oxygens (including phenoxy) is 2. The van der Waals surface area contributed by atoms with Crippen LogP contribution in [0.5, 0.6) is 11.5 Å². The van der Waals surface area contributed by atoms with Gasteiger partial charge >= 0.3 is 0 Å². The Balaban J connectivity index is 0.00000450. The summed E-state index contributed by atoms with van der Waals surface area (Å²) in [7, 11) is 7.38. The first kappa shape index (κ1) is 26.0. The Labute approximate surface area is 196 Å². The number of methoxy groups -OCH3 is 2. The Morgan fingerprint density at radius 3 is 2.40 bits per heavy atom. The molecule has 1 aromatic heterocycles. The van der Waals surface area contributed by atoms with Gasteiger partial charge in [0.1, 0.15) is 12.3 Å². The molecule has 0 saturated heterocycles. The number of aromatic nitrogens is 1. The summed E-state index contributed by atoms with van der Waals surface area (Å²) in [5.74, 6) is 3.59. The van der Waals surface area contributed by atoms with Crippen LogP contribution in [0.1, 0.15) is 35.9 Å². The van der Waals surface area contributed by atoms with Gasteiger partial charge in [0.25, 0.3) is 0 Å². The lowest BCUT2D eigenvalue weighted by molar-refractivity contribution is 0.295. The predicted molar refractivity (Wildman–Crippen MR) is 130 cm³/mol. The zero-order valence-corrected chi connectivity index (χ0v) is 21.2. The lowest BCUT2D eigenvalue weighted by atomic mass is 10.1. The van der Waals surface area contributed by atoms with Crippen molar-refractivity contribution in [1.29, 1.82) is 0 Å². The fraction of sp³-hybridized carbons (Fsp3) is 0.524. The van der Waals surface area contributed by atoms with Gasteiger partial charge in [-0.1, -0.05) is 6.07 Å². The molecule has 0 fully saturated rings. The highest BCUT2D eigenvalue weighted by molar-refractivity contribution is 14.0. The van der Waals surface area contributed by atoms with Crippen LogP contribution in [0.3, 0.4) is 0 Å². The smallest absolute Gasteiger partial charge is 0.216 e. The first-order chi connectivity index (χ1) is 13.9. The van der Waals surface area contributed by atoms with Crippen LogP contribution in [0.25, 0.3) is 0 Å². The maximum Gasteiger partial charge on any atom is 0.216 e. The number of likely N-dealkylation sites (N-methyl/N-ethyl adjacent to an activating group) is 1. The Kier molecular flexibility index (Phi) is 11.0. The van der Waals surface area contributed by atoms with Crippen molar-refractivity contribution < 1.29 is 13.9 Å². The molecule has 0 aliphatic rings. The van der Waals surface area contributed by atoms with Crippen LogP contribution < -0.4 is 20.1 Å². The topological polar surface area (TPSA) is 84.2 Å². The van der Waals surface area contributed by atoms with Crippen LogP contribution in [-0.4, -0.2) is 57.2 Å². The first-order valence-electron chi connectivity index (χ1n) is 9.73. The number of guanidine groups is 1. The van der Waals surface area contributed by atoms with Gasteiger partial charge in [0.15, 0.2) is 17.5 Å². The third-order valence-corrected chi connectivity index (χ3v) is 4.67. The third kappa shape index (κ3) is 7.05. The Bertz CT molecular complexity index is 803. The molecule has 1 aromatic carbocycles. The van der Waals surface area contributed by atoms with Gasteiger partial charge in [0.2, 0.25) is 5.89 Å². The van der Waals surface area contributed by atoms with E-state index in [0.29, 0.717) is 36.4 Å². The molecule has 0 bridgehead atoms. The maximum absolute atomic E-state index is 5.62. The highest BCUT2D eigenvalue weighted by Crippen LogP contribution is 2.31. The molecule has 0 saturated carbocycles. The summed E-state index contributed by atoms with van der Waals surface area (Å²) in [6, 6.07) is 6.10. The molecule has 9 heteroatoms. The average Bonchev–Trinajstić information content (AvgIpc) is 3.03. The van der Waals surface area contributed by atoms with E-state index in [2.05, 4.69) is 31.6 Å². The molecule has 0 aliphatic carbocycles. The summed E-state index contributed by atoms with van der Waals surface area (Å²) in [4.78, 5) is 11.1. The molecule has 8 nitrogen and oxygen atoms in total. The molecule has 30 heavy (non-hydrogen) atoms. The second kappa shape index (κ2) is 12.6. The van der Waals surface area contributed by atoms with Crippen LogP contribution in [-0.2, 0) is 6.54 Å². The number of hydrogen-bond donors (Lipinski definition) is 2. The molecular formula is C21H34IN5O3. The minimum Gasteiger partial charge on any atom is -0.493 e. The van der Waals surface area contributed by atoms with Gasteiger partial charge < -0.3 is 29.4 Å². The van der Waals surface area contributed by atoms with Gasteiger partial charge in [0.05, 0.1) is 26.0 Å². The predicted octanol–water partition coefficient (Wildman–Crippen LogP) is 3.28. The van der Waals surface area contributed by atoms with Crippen LogP contribution in [0.2, 0.25) is 0 Å². The quantitative estimate of drug-likeness (QED) is 0.292.